The Balaban J connectivity index is 2.64. The summed E-state index contributed by atoms with van der Waals surface area (Å²) >= 11 is 0. The highest BCUT2D eigenvalue weighted by molar-refractivity contribution is 6.20. The van der Waals surface area contributed by atoms with Gasteiger partial charge in [0.25, 0.3) is 0 Å². The van der Waals surface area contributed by atoms with Gasteiger partial charge in [0.1, 0.15) is 6.10 Å². The van der Waals surface area contributed by atoms with E-state index in [1.807, 2.05) is 0 Å². The molecule has 4 heteroatoms. The third-order valence-electron chi connectivity index (χ3n) is 3.39. The number of hydrogen-bond acceptors (Lipinski definition) is 2. The van der Waals surface area contributed by atoms with Crippen LogP contribution in [0.1, 0.15) is 40.0 Å². The molecule has 1 saturated carbocycles. The fourth-order valence-corrected chi connectivity index (χ4v) is 2.48. The third kappa shape index (κ3) is 3.46. The maximum atomic E-state index is 11.3. The molecule has 0 aromatic carbocycles. The molecule has 90 valence electrons. The van der Waals surface area contributed by atoms with Gasteiger partial charge in [0.2, 0.25) is 0 Å². The van der Waals surface area contributed by atoms with Gasteiger partial charge in [0.15, 0.2) is 0 Å². The molecule has 0 heterocycles. The molecule has 0 radical (unpaired) electrons. The van der Waals surface area contributed by atoms with E-state index in [1.54, 1.807) is 0 Å². The van der Waals surface area contributed by atoms with Crippen molar-refractivity contribution in [3.05, 3.63) is 5.53 Å². The van der Waals surface area contributed by atoms with Gasteiger partial charge >= 0.3 is 12.2 Å². The molecule has 0 aliphatic heterocycles. The van der Waals surface area contributed by atoms with Crippen LogP contribution in [0.2, 0.25) is 0 Å². The Hall–Kier alpha value is -1.15. The number of ether oxygens (including phenoxy) is 1. The SMILES string of the molecule is CC(C)[C@@H]1CC[C@@H](C)C[C@H]1OC(=O)C=[N+]=[N-]. The highest BCUT2D eigenvalue weighted by Crippen LogP contribution is 2.35. The molecule has 16 heavy (non-hydrogen) atoms. The van der Waals surface area contributed by atoms with E-state index in [0.29, 0.717) is 17.8 Å². The minimum Gasteiger partial charge on any atom is -0.454 e. The van der Waals surface area contributed by atoms with Gasteiger partial charge in [-0.05, 0) is 30.6 Å². The van der Waals surface area contributed by atoms with Crippen molar-refractivity contribution in [2.24, 2.45) is 17.8 Å². The summed E-state index contributed by atoms with van der Waals surface area (Å²) in [4.78, 5) is 13.9. The number of carbonyl (C=O) groups excluding carboxylic acids is 1. The summed E-state index contributed by atoms with van der Waals surface area (Å²) in [5.41, 5.74) is 8.26. The van der Waals surface area contributed by atoms with Crippen molar-refractivity contribution < 1.29 is 14.3 Å². The lowest BCUT2D eigenvalue weighted by molar-refractivity contribution is -0.150. The molecule has 0 N–H and O–H groups in total. The molecule has 0 aromatic rings. The zero-order valence-corrected chi connectivity index (χ0v) is 10.2. The van der Waals surface area contributed by atoms with Crippen LogP contribution >= 0.6 is 0 Å². The molecule has 1 rings (SSSR count). The monoisotopic (exact) mass is 224 g/mol. The van der Waals surface area contributed by atoms with Crippen LogP contribution in [0, 0.1) is 17.8 Å². The van der Waals surface area contributed by atoms with Gasteiger partial charge in [-0.25, -0.2) is 4.79 Å². The predicted molar refractivity (Wildman–Crippen MR) is 60.9 cm³/mol. The number of carbonyl (C=O) groups is 1. The van der Waals surface area contributed by atoms with Crippen molar-refractivity contribution in [3.8, 4) is 0 Å². The Morgan fingerprint density at radius 1 is 1.50 bits per heavy atom. The molecule has 1 aliphatic carbocycles. The first-order valence-electron chi connectivity index (χ1n) is 5.92. The molecule has 0 aromatic heterocycles. The Morgan fingerprint density at radius 2 is 2.19 bits per heavy atom. The van der Waals surface area contributed by atoms with Crippen molar-refractivity contribution in [2.45, 2.75) is 46.1 Å². The van der Waals surface area contributed by atoms with Gasteiger partial charge in [0, 0.05) is 0 Å². The van der Waals surface area contributed by atoms with Gasteiger partial charge in [0.05, 0.1) is 0 Å². The standard InChI is InChI=1S/C12H20N2O2/c1-8(2)10-5-4-9(3)6-11(10)16-12(15)7-14-13/h7-11H,4-6H2,1-3H3/t9-,10+,11-/m1/s1. The molecular weight excluding hydrogens is 204 g/mol. The van der Waals surface area contributed by atoms with Crippen molar-refractivity contribution in [2.75, 3.05) is 0 Å². The Bertz CT molecular complexity index is 295. The van der Waals surface area contributed by atoms with Crippen LogP contribution < -0.4 is 0 Å². The molecule has 0 bridgehead atoms. The number of hydrogen-bond donors (Lipinski definition) is 0. The highest BCUT2D eigenvalue weighted by Gasteiger charge is 2.33. The van der Waals surface area contributed by atoms with Gasteiger partial charge in [-0.1, -0.05) is 27.2 Å². The largest absolute Gasteiger partial charge is 0.454 e. The van der Waals surface area contributed by atoms with E-state index in [1.165, 1.54) is 6.42 Å². The van der Waals surface area contributed by atoms with E-state index in [-0.39, 0.29) is 6.10 Å². The summed E-state index contributed by atoms with van der Waals surface area (Å²) in [6.45, 7) is 6.49. The zero-order valence-electron chi connectivity index (χ0n) is 10.2. The molecule has 0 amide bonds. The summed E-state index contributed by atoms with van der Waals surface area (Å²) in [6, 6.07) is 0. The van der Waals surface area contributed by atoms with Crippen LogP contribution in [0.5, 0.6) is 0 Å². The topological polar surface area (TPSA) is 62.7 Å². The quantitative estimate of drug-likeness (QED) is 0.319. The number of nitrogens with zero attached hydrogens (tertiary/aromatic N) is 2. The van der Waals surface area contributed by atoms with Crippen LogP contribution in [0.4, 0.5) is 0 Å². The molecular formula is C12H20N2O2. The fourth-order valence-electron chi connectivity index (χ4n) is 2.48. The first-order chi connectivity index (χ1) is 7.54. The van der Waals surface area contributed by atoms with Gasteiger partial charge < -0.3 is 10.3 Å². The summed E-state index contributed by atoms with van der Waals surface area (Å²) in [5, 5.41) is 0. The lowest BCUT2D eigenvalue weighted by atomic mass is 9.75. The molecule has 0 saturated heterocycles. The van der Waals surface area contributed by atoms with Crippen LogP contribution in [0.15, 0.2) is 0 Å². The smallest absolute Gasteiger partial charge is 0.413 e. The van der Waals surface area contributed by atoms with Crippen LogP contribution in [0.3, 0.4) is 0 Å². The Kier molecular flexibility index (Phi) is 4.69. The molecule has 0 unspecified atom stereocenters. The molecule has 3 atom stereocenters. The zero-order chi connectivity index (χ0) is 12.1. The van der Waals surface area contributed by atoms with E-state index < -0.39 is 5.97 Å². The van der Waals surface area contributed by atoms with Gasteiger partial charge in [-0.15, -0.1) is 0 Å². The highest BCUT2D eigenvalue weighted by atomic mass is 16.5. The molecule has 0 spiro atoms. The van der Waals surface area contributed by atoms with Crippen molar-refractivity contribution >= 4 is 12.2 Å². The first-order valence-corrected chi connectivity index (χ1v) is 5.92. The van der Waals surface area contributed by atoms with Crippen molar-refractivity contribution in [1.82, 2.24) is 0 Å². The predicted octanol–water partition coefficient (Wildman–Crippen LogP) is 2.29. The Morgan fingerprint density at radius 3 is 2.75 bits per heavy atom. The summed E-state index contributed by atoms with van der Waals surface area (Å²) in [6.07, 6.45) is 4.00. The minimum atomic E-state index is -0.549. The lowest BCUT2D eigenvalue weighted by Gasteiger charge is -2.36. The van der Waals surface area contributed by atoms with E-state index in [4.69, 9.17) is 10.3 Å². The fraction of sp³-hybridized carbons (Fsp3) is 0.833. The van der Waals surface area contributed by atoms with Crippen LogP contribution in [-0.2, 0) is 9.53 Å². The third-order valence-corrected chi connectivity index (χ3v) is 3.39. The minimum absolute atomic E-state index is 0.0331. The van der Waals surface area contributed by atoms with Crippen molar-refractivity contribution in [1.29, 1.82) is 0 Å². The lowest BCUT2D eigenvalue weighted by Crippen LogP contribution is -2.36. The normalized spacial score (nSPS) is 29.6. The Labute approximate surface area is 96.6 Å². The number of rotatable bonds is 3. The van der Waals surface area contributed by atoms with E-state index >= 15 is 0 Å². The first kappa shape index (κ1) is 12.9. The van der Waals surface area contributed by atoms with Gasteiger partial charge in [-0.2, -0.15) is 4.79 Å². The summed E-state index contributed by atoms with van der Waals surface area (Å²) < 4.78 is 5.33. The van der Waals surface area contributed by atoms with E-state index in [0.717, 1.165) is 19.1 Å². The van der Waals surface area contributed by atoms with Crippen molar-refractivity contribution in [3.63, 3.8) is 0 Å². The second-order valence-corrected chi connectivity index (χ2v) is 5.05. The maximum absolute atomic E-state index is 11.3. The summed E-state index contributed by atoms with van der Waals surface area (Å²) in [7, 11) is 0. The summed E-state index contributed by atoms with van der Waals surface area (Å²) in [5.74, 6) is 0.981. The maximum Gasteiger partial charge on any atom is 0.413 e. The van der Waals surface area contributed by atoms with Crippen LogP contribution in [0.25, 0.3) is 5.53 Å². The molecule has 1 fully saturated rings. The van der Waals surface area contributed by atoms with Crippen LogP contribution in [-0.4, -0.2) is 23.1 Å². The van der Waals surface area contributed by atoms with E-state index in [2.05, 4.69) is 25.6 Å². The molecule has 1 aliphatic rings. The molecule has 4 nitrogen and oxygen atoms in total. The van der Waals surface area contributed by atoms with E-state index in [9.17, 15) is 4.79 Å². The second-order valence-electron chi connectivity index (χ2n) is 5.05. The van der Waals surface area contributed by atoms with Gasteiger partial charge in [-0.3, -0.25) is 0 Å². The average Bonchev–Trinajstić information content (AvgIpc) is 2.17. The second kappa shape index (κ2) is 5.80. The number of esters is 1. The average molecular weight is 224 g/mol.